The van der Waals surface area contributed by atoms with Crippen LogP contribution in [0.5, 0.6) is 5.75 Å². The van der Waals surface area contributed by atoms with Crippen LogP contribution >= 0.6 is 0 Å². The molecule has 4 aromatic rings. The fourth-order valence-corrected chi connectivity index (χ4v) is 2.96. The first-order valence-corrected chi connectivity index (χ1v) is 8.21. The lowest BCUT2D eigenvalue weighted by molar-refractivity contribution is 0.101. The molecule has 0 spiro atoms. The number of hydrogen-bond acceptors (Lipinski definition) is 3. The monoisotopic (exact) mass is 346 g/mol. The first-order chi connectivity index (χ1) is 12.7. The van der Waals surface area contributed by atoms with Crippen LogP contribution in [0.15, 0.2) is 60.8 Å². The van der Waals surface area contributed by atoms with Gasteiger partial charge in [-0.15, -0.1) is 0 Å². The normalized spacial score (nSPS) is 10.8. The minimum Gasteiger partial charge on any atom is -0.497 e. The number of fused-ring (bicyclic) bond motifs is 1. The topological polar surface area (TPSA) is 71.9 Å². The summed E-state index contributed by atoms with van der Waals surface area (Å²) in [5.74, 6) is 0.579. The number of methoxy groups -OCH3 is 1. The van der Waals surface area contributed by atoms with E-state index in [2.05, 4.69) is 15.4 Å². The Labute approximate surface area is 150 Å². The highest BCUT2D eigenvalue weighted by Crippen LogP contribution is 2.25. The zero-order chi connectivity index (χ0) is 18.1. The van der Waals surface area contributed by atoms with E-state index in [9.17, 15) is 4.79 Å². The number of carbonyl (C=O) groups is 1. The van der Waals surface area contributed by atoms with Crippen molar-refractivity contribution in [1.29, 1.82) is 0 Å². The predicted octanol–water partition coefficient (Wildman–Crippen LogP) is 3.83. The van der Waals surface area contributed by atoms with Crippen molar-refractivity contribution in [3.63, 3.8) is 0 Å². The second-order valence-corrected chi connectivity index (χ2v) is 5.97. The molecule has 0 saturated carbocycles. The van der Waals surface area contributed by atoms with Gasteiger partial charge in [-0.05, 0) is 48.5 Å². The summed E-state index contributed by atoms with van der Waals surface area (Å²) >= 11 is 0. The van der Waals surface area contributed by atoms with Crippen LogP contribution in [-0.4, -0.2) is 27.8 Å². The molecule has 2 aromatic heterocycles. The number of amides is 1. The van der Waals surface area contributed by atoms with Crippen molar-refractivity contribution in [2.45, 2.75) is 0 Å². The lowest BCUT2D eigenvalue weighted by Gasteiger charge is -2.06. The van der Waals surface area contributed by atoms with Gasteiger partial charge in [-0.2, -0.15) is 5.10 Å². The number of ether oxygens (including phenoxy) is 1. The standard InChI is InChI=1S/C20H18N4O2/c1-24-19(12-18(23-24)13-6-8-14(26-2)9-7-13)20(25)22-17-5-3-4-16-15(17)10-11-21-16/h3-12,21H,1-2H3,(H,22,25). The maximum Gasteiger partial charge on any atom is 0.273 e. The summed E-state index contributed by atoms with van der Waals surface area (Å²) in [5, 5.41) is 8.40. The van der Waals surface area contributed by atoms with Gasteiger partial charge in [-0.25, -0.2) is 0 Å². The fourth-order valence-electron chi connectivity index (χ4n) is 2.96. The highest BCUT2D eigenvalue weighted by molar-refractivity contribution is 6.08. The molecule has 2 aromatic carbocycles. The van der Waals surface area contributed by atoms with Crippen molar-refractivity contribution >= 4 is 22.5 Å². The Balaban J connectivity index is 1.62. The number of anilines is 1. The number of rotatable bonds is 4. The molecule has 2 N–H and O–H groups in total. The highest BCUT2D eigenvalue weighted by Gasteiger charge is 2.15. The molecule has 0 fully saturated rings. The molecule has 6 nitrogen and oxygen atoms in total. The van der Waals surface area contributed by atoms with Gasteiger partial charge in [0.15, 0.2) is 0 Å². The third-order valence-electron chi connectivity index (χ3n) is 4.34. The Morgan fingerprint density at radius 3 is 2.73 bits per heavy atom. The molecule has 1 amide bonds. The number of aromatic nitrogens is 3. The summed E-state index contributed by atoms with van der Waals surface area (Å²) in [6, 6.07) is 17.1. The Morgan fingerprint density at radius 2 is 1.96 bits per heavy atom. The van der Waals surface area contributed by atoms with Crippen LogP contribution in [0.3, 0.4) is 0 Å². The van der Waals surface area contributed by atoms with Crippen molar-refractivity contribution in [2.24, 2.45) is 7.05 Å². The molecule has 0 radical (unpaired) electrons. The Bertz CT molecular complexity index is 1080. The minimum atomic E-state index is -0.200. The summed E-state index contributed by atoms with van der Waals surface area (Å²) in [5.41, 5.74) is 3.89. The van der Waals surface area contributed by atoms with Crippen LogP contribution in [0.1, 0.15) is 10.5 Å². The largest absolute Gasteiger partial charge is 0.497 e. The number of aromatic amines is 1. The van der Waals surface area contributed by atoms with Crippen LogP contribution in [0.4, 0.5) is 5.69 Å². The maximum absolute atomic E-state index is 12.7. The van der Waals surface area contributed by atoms with Gasteiger partial charge in [0.1, 0.15) is 11.4 Å². The van der Waals surface area contributed by atoms with Crippen LogP contribution in [0.25, 0.3) is 22.2 Å². The number of nitrogens with one attached hydrogen (secondary N) is 2. The molecule has 26 heavy (non-hydrogen) atoms. The molecule has 4 rings (SSSR count). The first kappa shape index (κ1) is 16.0. The van der Waals surface area contributed by atoms with Gasteiger partial charge in [-0.1, -0.05) is 6.07 Å². The number of nitrogens with zero attached hydrogens (tertiary/aromatic N) is 2. The van der Waals surface area contributed by atoms with Crippen LogP contribution in [0.2, 0.25) is 0 Å². The van der Waals surface area contributed by atoms with Gasteiger partial charge in [0.2, 0.25) is 0 Å². The van der Waals surface area contributed by atoms with Crippen LogP contribution in [0, 0.1) is 0 Å². The fraction of sp³-hybridized carbons (Fsp3) is 0.100. The molecule has 0 bridgehead atoms. The Hall–Kier alpha value is -3.54. The molecule has 0 saturated heterocycles. The van der Waals surface area contributed by atoms with E-state index in [-0.39, 0.29) is 5.91 Å². The SMILES string of the molecule is COc1ccc(-c2cc(C(=O)Nc3cccc4[nH]ccc34)n(C)n2)cc1. The number of carbonyl (C=O) groups excluding carboxylic acids is 1. The van der Waals surface area contributed by atoms with E-state index in [0.29, 0.717) is 5.69 Å². The van der Waals surface area contributed by atoms with Gasteiger partial charge < -0.3 is 15.0 Å². The average molecular weight is 346 g/mol. The zero-order valence-electron chi connectivity index (χ0n) is 14.5. The van der Waals surface area contributed by atoms with E-state index in [0.717, 1.165) is 33.6 Å². The molecule has 130 valence electrons. The molecule has 6 heteroatoms. The van der Waals surface area contributed by atoms with Crippen molar-refractivity contribution in [1.82, 2.24) is 14.8 Å². The van der Waals surface area contributed by atoms with E-state index in [1.807, 2.05) is 54.7 Å². The van der Waals surface area contributed by atoms with Crippen molar-refractivity contribution in [3.8, 4) is 17.0 Å². The third-order valence-corrected chi connectivity index (χ3v) is 4.34. The molecule has 0 atom stereocenters. The van der Waals surface area contributed by atoms with Crippen LogP contribution < -0.4 is 10.1 Å². The smallest absolute Gasteiger partial charge is 0.273 e. The molecule has 0 aliphatic heterocycles. The lowest BCUT2D eigenvalue weighted by atomic mass is 10.1. The minimum absolute atomic E-state index is 0.200. The number of H-pyrrole nitrogens is 1. The summed E-state index contributed by atoms with van der Waals surface area (Å²) in [4.78, 5) is 15.9. The number of aryl methyl sites for hydroxylation is 1. The van der Waals surface area contributed by atoms with Crippen molar-refractivity contribution in [3.05, 3.63) is 66.5 Å². The van der Waals surface area contributed by atoms with Crippen molar-refractivity contribution < 1.29 is 9.53 Å². The van der Waals surface area contributed by atoms with E-state index in [1.165, 1.54) is 0 Å². The third kappa shape index (κ3) is 2.82. The van der Waals surface area contributed by atoms with Crippen molar-refractivity contribution in [2.75, 3.05) is 12.4 Å². The molecule has 0 aliphatic carbocycles. The van der Waals surface area contributed by atoms with Gasteiger partial charge in [-0.3, -0.25) is 9.48 Å². The van der Waals surface area contributed by atoms with E-state index in [4.69, 9.17) is 4.74 Å². The summed E-state index contributed by atoms with van der Waals surface area (Å²) in [6.45, 7) is 0. The second-order valence-electron chi connectivity index (χ2n) is 5.97. The van der Waals surface area contributed by atoms with Gasteiger partial charge in [0.05, 0.1) is 18.5 Å². The molecule has 0 unspecified atom stereocenters. The summed E-state index contributed by atoms with van der Waals surface area (Å²) in [6.07, 6.45) is 1.85. The summed E-state index contributed by atoms with van der Waals surface area (Å²) < 4.78 is 6.76. The Morgan fingerprint density at radius 1 is 1.15 bits per heavy atom. The van der Waals surface area contributed by atoms with E-state index >= 15 is 0 Å². The zero-order valence-corrected chi connectivity index (χ0v) is 14.5. The lowest BCUT2D eigenvalue weighted by Crippen LogP contribution is -2.16. The quantitative estimate of drug-likeness (QED) is 0.590. The van der Waals surface area contributed by atoms with Gasteiger partial charge in [0.25, 0.3) is 5.91 Å². The summed E-state index contributed by atoms with van der Waals surface area (Å²) in [7, 11) is 3.39. The van der Waals surface area contributed by atoms with Gasteiger partial charge >= 0.3 is 0 Å². The Kier molecular flexibility index (Phi) is 3.93. The number of hydrogen-bond donors (Lipinski definition) is 2. The van der Waals surface area contributed by atoms with E-state index < -0.39 is 0 Å². The van der Waals surface area contributed by atoms with E-state index in [1.54, 1.807) is 24.9 Å². The number of benzene rings is 2. The first-order valence-electron chi connectivity index (χ1n) is 8.21. The molecular formula is C20H18N4O2. The van der Waals surface area contributed by atoms with Crippen LogP contribution in [-0.2, 0) is 7.05 Å². The second kappa shape index (κ2) is 6.40. The maximum atomic E-state index is 12.7. The molecule has 2 heterocycles. The highest BCUT2D eigenvalue weighted by atomic mass is 16.5. The average Bonchev–Trinajstić information content (AvgIpc) is 3.29. The predicted molar refractivity (Wildman–Crippen MR) is 101 cm³/mol. The molecular weight excluding hydrogens is 328 g/mol. The van der Waals surface area contributed by atoms with Gasteiger partial charge in [0, 0.05) is 29.7 Å². The molecule has 0 aliphatic rings.